The van der Waals surface area contributed by atoms with Gasteiger partial charge < -0.3 is 15.2 Å². The summed E-state index contributed by atoms with van der Waals surface area (Å²) in [4.78, 5) is 51.6. The van der Waals surface area contributed by atoms with Gasteiger partial charge in [-0.1, -0.05) is 12.1 Å². The van der Waals surface area contributed by atoms with E-state index in [-0.39, 0.29) is 25.1 Å². The van der Waals surface area contributed by atoms with Crippen molar-refractivity contribution in [3.8, 4) is 0 Å². The lowest BCUT2D eigenvalue weighted by Crippen LogP contribution is -2.59. The zero-order valence-electron chi connectivity index (χ0n) is 14.4. The third kappa shape index (κ3) is 3.24. The number of nitrogens with one attached hydrogen (secondary N) is 3. The molecule has 0 saturated heterocycles. The molecule has 3 amide bonds. The van der Waals surface area contributed by atoms with E-state index in [0.717, 1.165) is 0 Å². The summed E-state index contributed by atoms with van der Waals surface area (Å²) < 4.78 is 13.3. The van der Waals surface area contributed by atoms with Crippen molar-refractivity contribution in [3.63, 3.8) is 0 Å². The van der Waals surface area contributed by atoms with Crippen LogP contribution >= 0.6 is 0 Å². The van der Waals surface area contributed by atoms with Gasteiger partial charge in [-0.25, -0.2) is 4.39 Å². The summed E-state index contributed by atoms with van der Waals surface area (Å²) >= 11 is 0. The number of H-pyrrole nitrogens is 1. The average Bonchev–Trinajstić information content (AvgIpc) is 2.96. The molecule has 27 heavy (non-hydrogen) atoms. The molecule has 0 radical (unpaired) electrons. The number of pyridine rings is 1. The van der Waals surface area contributed by atoms with Crippen LogP contribution in [0.15, 0.2) is 41.3 Å². The van der Waals surface area contributed by atoms with E-state index in [4.69, 9.17) is 0 Å². The Kier molecular flexibility index (Phi) is 4.87. The largest absolute Gasteiger partial charge is 0.331 e. The van der Waals surface area contributed by atoms with Crippen molar-refractivity contribution < 1.29 is 18.8 Å². The van der Waals surface area contributed by atoms with Crippen molar-refractivity contribution in [2.75, 3.05) is 13.6 Å². The summed E-state index contributed by atoms with van der Waals surface area (Å²) in [5, 5.41) is 4.96. The van der Waals surface area contributed by atoms with E-state index in [1.165, 1.54) is 48.5 Å². The molecule has 0 fully saturated rings. The Bertz CT molecular complexity index is 957. The molecule has 0 spiro atoms. The third-order valence-electron chi connectivity index (χ3n) is 4.66. The quantitative estimate of drug-likeness (QED) is 0.611. The van der Waals surface area contributed by atoms with E-state index >= 15 is 0 Å². The summed E-state index contributed by atoms with van der Waals surface area (Å²) in [6.45, 7) is 0.0560. The van der Waals surface area contributed by atoms with E-state index in [2.05, 4.69) is 15.6 Å². The molecule has 1 aliphatic heterocycles. The van der Waals surface area contributed by atoms with Gasteiger partial charge in [-0.05, 0) is 24.7 Å². The molecule has 2 aromatic rings. The molecule has 1 aromatic carbocycles. The average molecular weight is 372 g/mol. The molecule has 0 saturated carbocycles. The van der Waals surface area contributed by atoms with Gasteiger partial charge >= 0.3 is 0 Å². The number of carbonyl (C=O) groups is 3. The van der Waals surface area contributed by atoms with Crippen LogP contribution in [0.4, 0.5) is 4.39 Å². The van der Waals surface area contributed by atoms with Crippen molar-refractivity contribution in [3.05, 3.63) is 69.4 Å². The molecule has 140 valence electrons. The SMILES string of the molecule is CNC(CN1Cc2c[nH]c(=O)cc2C1=O)(C(=O)NC=O)c1ccc(F)cc1. The fourth-order valence-corrected chi connectivity index (χ4v) is 3.24. The fraction of sp³-hybridized carbons (Fsp3) is 0.222. The lowest BCUT2D eigenvalue weighted by atomic mass is 9.88. The Morgan fingerprint density at radius 1 is 1.33 bits per heavy atom. The summed E-state index contributed by atoms with van der Waals surface area (Å²) in [6, 6.07) is 6.41. The number of nitrogens with zero attached hydrogens (tertiary/aromatic N) is 1. The maximum Gasteiger partial charge on any atom is 0.254 e. The molecule has 1 atom stereocenters. The van der Waals surface area contributed by atoms with Crippen LogP contribution in [0.5, 0.6) is 0 Å². The van der Waals surface area contributed by atoms with Gasteiger partial charge in [-0.2, -0.15) is 0 Å². The van der Waals surface area contributed by atoms with Crippen LogP contribution in [0.1, 0.15) is 21.5 Å². The number of halogens is 1. The first-order valence-electron chi connectivity index (χ1n) is 8.11. The lowest BCUT2D eigenvalue weighted by Gasteiger charge is -2.35. The summed E-state index contributed by atoms with van der Waals surface area (Å²) in [5.74, 6) is -1.58. The second-order valence-corrected chi connectivity index (χ2v) is 6.15. The monoisotopic (exact) mass is 372 g/mol. The van der Waals surface area contributed by atoms with Crippen LogP contribution in [0.25, 0.3) is 0 Å². The molecule has 0 bridgehead atoms. The molecule has 9 heteroatoms. The number of hydrogen-bond acceptors (Lipinski definition) is 5. The minimum absolute atomic E-state index is 0.128. The van der Waals surface area contributed by atoms with E-state index in [1.54, 1.807) is 0 Å². The molecule has 8 nitrogen and oxygen atoms in total. The van der Waals surface area contributed by atoms with Crippen molar-refractivity contribution in [1.82, 2.24) is 20.5 Å². The molecule has 2 heterocycles. The summed E-state index contributed by atoms with van der Waals surface area (Å²) in [7, 11) is 1.50. The topological polar surface area (TPSA) is 111 Å². The van der Waals surface area contributed by atoms with Gasteiger partial charge in [0.15, 0.2) is 0 Å². The highest BCUT2D eigenvalue weighted by Crippen LogP contribution is 2.28. The number of amides is 3. The van der Waals surface area contributed by atoms with Crippen molar-refractivity contribution in [2.45, 2.75) is 12.1 Å². The molecule has 0 aliphatic carbocycles. The van der Waals surface area contributed by atoms with Crippen LogP contribution < -0.4 is 16.2 Å². The number of rotatable bonds is 6. The fourth-order valence-electron chi connectivity index (χ4n) is 3.24. The van der Waals surface area contributed by atoms with Gasteiger partial charge in [0.25, 0.3) is 11.8 Å². The minimum Gasteiger partial charge on any atom is -0.331 e. The smallest absolute Gasteiger partial charge is 0.254 e. The minimum atomic E-state index is -1.49. The maximum atomic E-state index is 13.3. The molecule has 3 N–H and O–H groups in total. The Morgan fingerprint density at radius 3 is 2.67 bits per heavy atom. The van der Waals surface area contributed by atoms with Crippen LogP contribution in [0, 0.1) is 5.82 Å². The van der Waals surface area contributed by atoms with Crippen molar-refractivity contribution in [1.29, 1.82) is 0 Å². The highest BCUT2D eigenvalue weighted by molar-refractivity contribution is 5.99. The number of imide groups is 1. The van der Waals surface area contributed by atoms with Crippen LogP contribution in [0.3, 0.4) is 0 Å². The van der Waals surface area contributed by atoms with E-state index < -0.39 is 28.7 Å². The third-order valence-corrected chi connectivity index (χ3v) is 4.66. The van der Waals surface area contributed by atoms with Crippen molar-refractivity contribution in [2.24, 2.45) is 0 Å². The van der Waals surface area contributed by atoms with Gasteiger partial charge in [-0.15, -0.1) is 0 Å². The number of benzene rings is 1. The molecule has 3 rings (SSSR count). The Balaban J connectivity index is 2.00. The second-order valence-electron chi connectivity index (χ2n) is 6.15. The Morgan fingerprint density at radius 2 is 2.04 bits per heavy atom. The van der Waals surface area contributed by atoms with Crippen LogP contribution in [0.2, 0.25) is 0 Å². The number of carbonyl (C=O) groups excluding carboxylic acids is 3. The Labute approximate surface area is 153 Å². The molecular formula is C18H17FN4O4. The van der Waals surface area contributed by atoms with Gasteiger partial charge in [0.05, 0.1) is 12.1 Å². The maximum absolute atomic E-state index is 13.3. The normalized spacial score (nSPS) is 15.2. The van der Waals surface area contributed by atoms with Gasteiger partial charge in [0, 0.05) is 24.4 Å². The van der Waals surface area contributed by atoms with Crippen LogP contribution in [-0.4, -0.2) is 41.7 Å². The highest BCUT2D eigenvalue weighted by Gasteiger charge is 2.43. The van der Waals surface area contributed by atoms with Gasteiger partial charge in [0.1, 0.15) is 11.4 Å². The number of hydrogen-bond donors (Lipinski definition) is 3. The molecule has 1 aliphatic rings. The zero-order chi connectivity index (χ0) is 19.6. The molecule has 1 aromatic heterocycles. The number of aromatic amines is 1. The predicted molar refractivity (Wildman–Crippen MR) is 93.1 cm³/mol. The predicted octanol–water partition coefficient (Wildman–Crippen LogP) is -0.143. The number of likely N-dealkylation sites (N-methyl/N-ethyl adjacent to an activating group) is 1. The molecule has 1 unspecified atom stereocenters. The first kappa shape index (κ1) is 18.5. The first-order chi connectivity index (χ1) is 12.9. The summed E-state index contributed by atoms with van der Waals surface area (Å²) in [6.07, 6.45) is 1.71. The highest BCUT2D eigenvalue weighted by atomic mass is 19.1. The first-order valence-corrected chi connectivity index (χ1v) is 8.11. The van der Waals surface area contributed by atoms with E-state index in [9.17, 15) is 23.6 Å². The van der Waals surface area contributed by atoms with E-state index in [1.807, 2.05) is 0 Å². The summed E-state index contributed by atoms with van der Waals surface area (Å²) in [5.41, 5.74) is -0.624. The standard InChI is InChI=1S/C18H17FN4O4/c1-20-18(17(27)22-10-24,12-2-4-13(19)5-3-12)9-23-8-11-7-21-15(25)6-14(11)16(23)26/h2-7,10,20H,8-9H2,1H3,(H,21,25)(H,22,24,27). The van der Waals surface area contributed by atoms with E-state index in [0.29, 0.717) is 11.1 Å². The van der Waals surface area contributed by atoms with Crippen LogP contribution in [-0.2, 0) is 21.7 Å². The zero-order valence-corrected chi connectivity index (χ0v) is 14.4. The lowest BCUT2D eigenvalue weighted by molar-refractivity contribution is -0.131. The molecular weight excluding hydrogens is 355 g/mol. The van der Waals surface area contributed by atoms with Gasteiger partial charge in [0.2, 0.25) is 12.0 Å². The Hall–Kier alpha value is -3.33. The number of aromatic nitrogens is 1. The van der Waals surface area contributed by atoms with Gasteiger partial charge in [-0.3, -0.25) is 24.5 Å². The van der Waals surface area contributed by atoms with Crippen molar-refractivity contribution >= 4 is 18.2 Å². The number of fused-ring (bicyclic) bond motifs is 1. The second kappa shape index (κ2) is 7.12.